The number of fused-ring (bicyclic) bond motifs is 1. The summed E-state index contributed by atoms with van der Waals surface area (Å²) in [5, 5.41) is 0.453. The van der Waals surface area contributed by atoms with Gasteiger partial charge in [0.25, 0.3) is 0 Å². The van der Waals surface area contributed by atoms with Gasteiger partial charge in [0.1, 0.15) is 10.6 Å². The number of hydrogen-bond donors (Lipinski definition) is 0. The quantitative estimate of drug-likeness (QED) is 0.840. The molecule has 0 N–H and O–H groups in total. The van der Waals surface area contributed by atoms with Crippen molar-refractivity contribution in [3.05, 3.63) is 30.5 Å². The second-order valence-corrected chi connectivity index (χ2v) is 8.62. The minimum Gasteiger partial charge on any atom is -0.444 e. The minimum atomic E-state index is -1.31. The van der Waals surface area contributed by atoms with E-state index < -0.39 is 16.4 Å². The van der Waals surface area contributed by atoms with Crippen LogP contribution < -0.4 is 0 Å². The van der Waals surface area contributed by atoms with Crippen LogP contribution in [0.3, 0.4) is 0 Å². The fraction of sp³-hybridized carbons (Fsp3) is 0.500. The number of para-hydroxylation sites is 2. The molecular weight excluding hydrogens is 338 g/mol. The average molecular weight is 361 g/mol. The number of nitrogens with zero attached hydrogens (tertiary/aromatic N) is 3. The van der Waals surface area contributed by atoms with E-state index in [0.29, 0.717) is 17.3 Å². The number of likely N-dealkylation sites (tertiary alicyclic amines) is 1. The number of benzene rings is 1. The third kappa shape index (κ3) is 4.34. The lowest BCUT2D eigenvalue weighted by atomic mass is 10.2. The summed E-state index contributed by atoms with van der Waals surface area (Å²) in [6.07, 6.45) is 2.94. The molecule has 2 atom stereocenters. The van der Waals surface area contributed by atoms with Crippen molar-refractivity contribution >= 4 is 27.9 Å². The van der Waals surface area contributed by atoms with Gasteiger partial charge in [0.15, 0.2) is 0 Å². The summed E-state index contributed by atoms with van der Waals surface area (Å²) >= 11 is 0. The Labute approximate surface area is 150 Å². The Morgan fingerprint density at radius 2 is 2.04 bits per heavy atom. The van der Waals surface area contributed by atoms with E-state index in [2.05, 4.69) is 9.97 Å². The van der Waals surface area contributed by atoms with E-state index in [-0.39, 0.29) is 12.1 Å². The molecule has 0 aliphatic carbocycles. The van der Waals surface area contributed by atoms with Gasteiger partial charge in [-0.25, -0.2) is 9.78 Å². The van der Waals surface area contributed by atoms with Crippen molar-refractivity contribution in [2.45, 2.75) is 50.3 Å². The molecule has 2 heterocycles. The van der Waals surface area contributed by atoms with Gasteiger partial charge in [-0.1, -0.05) is 12.1 Å². The Hall–Kier alpha value is -2.02. The van der Waals surface area contributed by atoms with Crippen LogP contribution in [-0.2, 0) is 15.5 Å². The fourth-order valence-corrected chi connectivity index (χ4v) is 4.12. The highest BCUT2D eigenvalue weighted by atomic mass is 32.2. The van der Waals surface area contributed by atoms with Crippen LogP contribution >= 0.6 is 0 Å². The van der Waals surface area contributed by atoms with Crippen LogP contribution in [0.15, 0.2) is 35.5 Å². The molecule has 1 aliphatic rings. The SMILES string of the molecule is CC(C)(C)OC(=O)N1CCC[C@@H]1C[S@@](=O)c1cnc2ccccc2n1. The third-order valence-electron chi connectivity index (χ3n) is 4.01. The van der Waals surface area contributed by atoms with E-state index >= 15 is 0 Å². The van der Waals surface area contributed by atoms with Crippen molar-refractivity contribution in [2.75, 3.05) is 12.3 Å². The molecule has 1 aromatic carbocycles. The largest absolute Gasteiger partial charge is 0.444 e. The van der Waals surface area contributed by atoms with Crippen LogP contribution in [0, 0.1) is 0 Å². The molecule has 25 heavy (non-hydrogen) atoms. The Bertz CT molecular complexity index is 803. The molecule has 2 aromatic rings. The summed E-state index contributed by atoms with van der Waals surface area (Å²) < 4.78 is 18.2. The second-order valence-electron chi connectivity index (χ2n) is 7.18. The summed E-state index contributed by atoms with van der Waals surface area (Å²) in [7, 11) is -1.31. The highest BCUT2D eigenvalue weighted by Crippen LogP contribution is 2.23. The van der Waals surface area contributed by atoms with Gasteiger partial charge in [0.05, 0.1) is 33.8 Å². The normalized spacial score (nSPS) is 19.2. The third-order valence-corrected chi connectivity index (χ3v) is 5.36. The summed E-state index contributed by atoms with van der Waals surface area (Å²) in [5.74, 6) is 0.353. The molecule has 0 unspecified atom stereocenters. The van der Waals surface area contributed by atoms with E-state index in [1.807, 2.05) is 45.0 Å². The Morgan fingerprint density at radius 1 is 1.32 bits per heavy atom. The molecule has 0 saturated carbocycles. The van der Waals surface area contributed by atoms with Crippen molar-refractivity contribution in [1.29, 1.82) is 0 Å². The van der Waals surface area contributed by atoms with E-state index in [1.54, 1.807) is 11.1 Å². The highest BCUT2D eigenvalue weighted by Gasteiger charge is 2.33. The minimum absolute atomic E-state index is 0.0936. The van der Waals surface area contributed by atoms with E-state index in [9.17, 15) is 9.00 Å². The first kappa shape index (κ1) is 17.8. The number of aromatic nitrogens is 2. The predicted molar refractivity (Wildman–Crippen MR) is 96.8 cm³/mol. The smallest absolute Gasteiger partial charge is 0.410 e. The van der Waals surface area contributed by atoms with Gasteiger partial charge >= 0.3 is 6.09 Å². The number of amides is 1. The second kappa shape index (κ2) is 7.07. The summed E-state index contributed by atoms with van der Waals surface area (Å²) in [5.41, 5.74) is 0.968. The van der Waals surface area contributed by atoms with Crippen LogP contribution in [0.5, 0.6) is 0 Å². The molecule has 1 amide bonds. The van der Waals surface area contributed by atoms with Crippen LogP contribution in [0.4, 0.5) is 4.79 Å². The van der Waals surface area contributed by atoms with Gasteiger partial charge in [-0.2, -0.15) is 0 Å². The lowest BCUT2D eigenvalue weighted by Gasteiger charge is -2.28. The van der Waals surface area contributed by atoms with Crippen molar-refractivity contribution < 1.29 is 13.7 Å². The van der Waals surface area contributed by atoms with Gasteiger partial charge in [0, 0.05) is 12.6 Å². The molecule has 0 bridgehead atoms. The molecule has 6 nitrogen and oxygen atoms in total. The molecule has 1 aromatic heterocycles. The topological polar surface area (TPSA) is 72.4 Å². The number of carbonyl (C=O) groups excluding carboxylic acids is 1. The number of ether oxygens (including phenoxy) is 1. The average Bonchev–Trinajstić information content (AvgIpc) is 3.01. The zero-order valence-electron chi connectivity index (χ0n) is 14.8. The molecule has 0 spiro atoms. The van der Waals surface area contributed by atoms with Crippen LogP contribution in [0.25, 0.3) is 11.0 Å². The predicted octanol–water partition coefficient (Wildman–Crippen LogP) is 3.14. The van der Waals surface area contributed by atoms with Crippen LogP contribution in [-0.4, -0.2) is 49.1 Å². The van der Waals surface area contributed by atoms with E-state index in [0.717, 1.165) is 23.9 Å². The van der Waals surface area contributed by atoms with E-state index in [1.165, 1.54) is 0 Å². The van der Waals surface area contributed by atoms with Gasteiger partial charge in [0.2, 0.25) is 0 Å². The molecule has 1 saturated heterocycles. The Kier molecular flexibility index (Phi) is 5.03. The zero-order chi connectivity index (χ0) is 18.0. The molecule has 134 valence electrons. The van der Waals surface area contributed by atoms with Gasteiger partial charge in [-0.05, 0) is 45.7 Å². The summed E-state index contributed by atoms with van der Waals surface area (Å²) in [4.78, 5) is 22.8. The van der Waals surface area contributed by atoms with Crippen molar-refractivity contribution in [3.8, 4) is 0 Å². The van der Waals surface area contributed by atoms with Crippen LogP contribution in [0.1, 0.15) is 33.6 Å². The fourth-order valence-electron chi connectivity index (χ4n) is 2.88. The number of rotatable bonds is 3. The molecule has 1 aliphatic heterocycles. The first-order chi connectivity index (χ1) is 11.8. The lowest BCUT2D eigenvalue weighted by Crippen LogP contribution is -2.42. The lowest BCUT2D eigenvalue weighted by molar-refractivity contribution is 0.0241. The zero-order valence-corrected chi connectivity index (χ0v) is 15.6. The highest BCUT2D eigenvalue weighted by molar-refractivity contribution is 7.85. The Balaban J connectivity index is 1.71. The van der Waals surface area contributed by atoms with Gasteiger partial charge < -0.3 is 9.64 Å². The van der Waals surface area contributed by atoms with Crippen LogP contribution in [0.2, 0.25) is 0 Å². The maximum absolute atomic E-state index is 12.7. The standard InChI is InChI=1S/C18H23N3O3S/c1-18(2,3)24-17(22)21-10-6-7-13(21)12-25(23)16-11-19-14-8-4-5-9-15(14)20-16/h4-5,8-9,11,13H,6-7,10,12H2,1-3H3/t13-,25-/m1/s1. The summed E-state index contributed by atoms with van der Waals surface area (Å²) in [6.45, 7) is 6.18. The van der Waals surface area contributed by atoms with Gasteiger partial charge in [-0.15, -0.1) is 0 Å². The van der Waals surface area contributed by atoms with E-state index in [4.69, 9.17) is 4.74 Å². The molecule has 0 radical (unpaired) electrons. The summed E-state index contributed by atoms with van der Waals surface area (Å²) in [6, 6.07) is 7.40. The molecular formula is C18H23N3O3S. The van der Waals surface area contributed by atoms with Crippen molar-refractivity contribution in [2.24, 2.45) is 0 Å². The number of hydrogen-bond acceptors (Lipinski definition) is 5. The first-order valence-electron chi connectivity index (χ1n) is 8.43. The Morgan fingerprint density at radius 3 is 2.76 bits per heavy atom. The molecule has 1 fully saturated rings. The molecule has 7 heteroatoms. The monoisotopic (exact) mass is 361 g/mol. The number of carbonyl (C=O) groups is 1. The first-order valence-corrected chi connectivity index (χ1v) is 9.75. The van der Waals surface area contributed by atoms with Crippen molar-refractivity contribution in [1.82, 2.24) is 14.9 Å². The maximum Gasteiger partial charge on any atom is 0.410 e. The maximum atomic E-state index is 12.7. The van der Waals surface area contributed by atoms with Crippen molar-refractivity contribution in [3.63, 3.8) is 0 Å². The molecule has 3 rings (SSSR count). The van der Waals surface area contributed by atoms with Gasteiger partial charge in [-0.3, -0.25) is 9.19 Å².